The number of carboxylic acids is 1. The van der Waals surface area contributed by atoms with Crippen molar-refractivity contribution in [1.29, 1.82) is 0 Å². The van der Waals surface area contributed by atoms with E-state index in [2.05, 4.69) is 0 Å². The van der Waals surface area contributed by atoms with Crippen molar-refractivity contribution in [2.24, 2.45) is 11.8 Å². The Hall–Kier alpha value is -1.10. The monoisotopic (exact) mass is 243 g/mol. The molecule has 5 heteroatoms. The molecule has 1 heterocycles. The quantitative estimate of drug-likeness (QED) is 0.745. The molecule has 0 aliphatic carbocycles. The molecule has 2 unspecified atom stereocenters. The molecule has 1 saturated heterocycles. The van der Waals surface area contributed by atoms with Crippen molar-refractivity contribution < 1.29 is 19.8 Å². The number of aliphatic carboxylic acids is 1. The molecule has 1 aliphatic rings. The molecular formula is C12H21NO4. The maximum Gasteiger partial charge on any atom is 0.307 e. The molecule has 2 N–H and O–H groups in total. The summed E-state index contributed by atoms with van der Waals surface area (Å²) in [6.45, 7) is 5.80. The Bertz CT molecular complexity index is 310. The third-order valence-electron chi connectivity index (χ3n) is 3.53. The van der Waals surface area contributed by atoms with E-state index in [1.54, 1.807) is 11.8 Å². The van der Waals surface area contributed by atoms with E-state index < -0.39 is 23.4 Å². The normalized spacial score (nSPS) is 21.5. The summed E-state index contributed by atoms with van der Waals surface area (Å²) in [5, 5.41) is 18.8. The lowest BCUT2D eigenvalue weighted by Crippen LogP contribution is -2.64. The van der Waals surface area contributed by atoms with Crippen LogP contribution in [0.2, 0.25) is 0 Å². The van der Waals surface area contributed by atoms with Gasteiger partial charge in [-0.2, -0.15) is 0 Å². The molecule has 2 atom stereocenters. The summed E-state index contributed by atoms with van der Waals surface area (Å²) in [4.78, 5) is 24.2. The highest BCUT2D eigenvalue weighted by Gasteiger charge is 2.44. The second-order valence-corrected chi connectivity index (χ2v) is 5.08. The van der Waals surface area contributed by atoms with Gasteiger partial charge in [-0.15, -0.1) is 0 Å². The van der Waals surface area contributed by atoms with Gasteiger partial charge in [0.25, 0.3) is 0 Å². The SMILES string of the molecule is CCCC1(O)CN(C(=O)C(C)C(C)C(=O)O)C1. The minimum Gasteiger partial charge on any atom is -0.481 e. The Balaban J connectivity index is 2.49. The summed E-state index contributed by atoms with van der Waals surface area (Å²) in [6.07, 6.45) is 1.55. The molecule has 0 aromatic heterocycles. The number of hydrogen-bond acceptors (Lipinski definition) is 3. The van der Waals surface area contributed by atoms with Crippen molar-refractivity contribution in [3.63, 3.8) is 0 Å². The Morgan fingerprint density at radius 1 is 1.29 bits per heavy atom. The number of rotatable bonds is 5. The fraction of sp³-hybridized carbons (Fsp3) is 0.833. The molecule has 0 aromatic rings. The third-order valence-corrected chi connectivity index (χ3v) is 3.53. The van der Waals surface area contributed by atoms with Crippen LogP contribution in [0.15, 0.2) is 0 Å². The molecule has 1 rings (SSSR count). The predicted molar refractivity (Wildman–Crippen MR) is 62.4 cm³/mol. The molecule has 0 radical (unpaired) electrons. The fourth-order valence-corrected chi connectivity index (χ4v) is 2.16. The van der Waals surface area contributed by atoms with E-state index in [0.29, 0.717) is 19.5 Å². The number of amides is 1. The van der Waals surface area contributed by atoms with Gasteiger partial charge in [0.2, 0.25) is 5.91 Å². The van der Waals surface area contributed by atoms with Crippen molar-refractivity contribution in [1.82, 2.24) is 4.90 Å². The Labute approximate surface area is 101 Å². The number of β-amino-alcohol motifs (C(OH)–C–C–N with tert-alkyl or cyclic N) is 1. The van der Waals surface area contributed by atoms with Crippen molar-refractivity contribution in [2.45, 2.75) is 39.2 Å². The molecule has 17 heavy (non-hydrogen) atoms. The topological polar surface area (TPSA) is 77.8 Å². The molecule has 0 aromatic carbocycles. The number of likely N-dealkylation sites (tertiary alicyclic amines) is 1. The lowest BCUT2D eigenvalue weighted by atomic mass is 9.86. The first-order chi connectivity index (χ1) is 7.80. The maximum atomic E-state index is 11.9. The zero-order valence-electron chi connectivity index (χ0n) is 10.6. The maximum absolute atomic E-state index is 11.9. The molecule has 0 spiro atoms. The molecular weight excluding hydrogens is 222 g/mol. The van der Waals surface area contributed by atoms with Gasteiger partial charge < -0.3 is 15.1 Å². The van der Waals surface area contributed by atoms with E-state index in [4.69, 9.17) is 5.11 Å². The van der Waals surface area contributed by atoms with Gasteiger partial charge in [-0.25, -0.2) is 0 Å². The standard InChI is InChI=1S/C12H21NO4/c1-4-5-12(17)6-13(7-12)10(14)8(2)9(3)11(15)16/h8-9,17H,4-7H2,1-3H3,(H,15,16). The number of aliphatic hydroxyl groups is 1. The van der Waals surface area contributed by atoms with Crippen LogP contribution in [0.1, 0.15) is 33.6 Å². The van der Waals surface area contributed by atoms with Gasteiger partial charge >= 0.3 is 5.97 Å². The first kappa shape index (κ1) is 14.0. The van der Waals surface area contributed by atoms with E-state index in [0.717, 1.165) is 6.42 Å². The highest BCUT2D eigenvalue weighted by molar-refractivity contribution is 5.85. The Morgan fingerprint density at radius 3 is 2.24 bits per heavy atom. The van der Waals surface area contributed by atoms with Crippen molar-refractivity contribution in [3.05, 3.63) is 0 Å². The summed E-state index contributed by atoms with van der Waals surface area (Å²) < 4.78 is 0. The van der Waals surface area contributed by atoms with Crippen LogP contribution in [0.3, 0.4) is 0 Å². The van der Waals surface area contributed by atoms with Crippen molar-refractivity contribution in [2.75, 3.05) is 13.1 Å². The van der Waals surface area contributed by atoms with E-state index in [-0.39, 0.29) is 5.91 Å². The molecule has 98 valence electrons. The number of carbonyl (C=O) groups excluding carboxylic acids is 1. The average Bonchev–Trinajstić information content (AvgIpc) is 2.22. The van der Waals surface area contributed by atoms with Gasteiger partial charge in [-0.05, 0) is 6.42 Å². The summed E-state index contributed by atoms with van der Waals surface area (Å²) in [5.74, 6) is -2.38. The molecule has 5 nitrogen and oxygen atoms in total. The zero-order valence-corrected chi connectivity index (χ0v) is 10.6. The van der Waals surface area contributed by atoms with E-state index in [1.165, 1.54) is 6.92 Å². The minimum atomic E-state index is -0.963. The van der Waals surface area contributed by atoms with Crippen LogP contribution < -0.4 is 0 Å². The van der Waals surface area contributed by atoms with E-state index >= 15 is 0 Å². The number of nitrogens with zero attached hydrogens (tertiary/aromatic N) is 1. The second-order valence-electron chi connectivity index (χ2n) is 5.08. The first-order valence-corrected chi connectivity index (χ1v) is 6.04. The number of carboxylic acid groups (broad SMARTS) is 1. The second kappa shape index (κ2) is 5.04. The van der Waals surface area contributed by atoms with Gasteiger partial charge in [0.15, 0.2) is 0 Å². The van der Waals surface area contributed by atoms with Gasteiger partial charge in [0.05, 0.1) is 24.6 Å². The van der Waals surface area contributed by atoms with Gasteiger partial charge in [-0.3, -0.25) is 9.59 Å². The van der Waals surface area contributed by atoms with Crippen LogP contribution in [0.4, 0.5) is 0 Å². The number of carbonyl (C=O) groups is 2. The molecule has 1 fully saturated rings. The van der Waals surface area contributed by atoms with Gasteiger partial charge in [-0.1, -0.05) is 27.2 Å². The Kier molecular flexibility index (Phi) is 4.14. The minimum absolute atomic E-state index is 0.180. The summed E-state index contributed by atoms with van der Waals surface area (Å²) >= 11 is 0. The van der Waals surface area contributed by atoms with Crippen LogP contribution in [0, 0.1) is 11.8 Å². The highest BCUT2D eigenvalue weighted by Crippen LogP contribution is 2.28. The van der Waals surface area contributed by atoms with Crippen molar-refractivity contribution >= 4 is 11.9 Å². The first-order valence-electron chi connectivity index (χ1n) is 6.04. The summed E-state index contributed by atoms with van der Waals surface area (Å²) in [5.41, 5.74) is -0.753. The Morgan fingerprint density at radius 2 is 1.82 bits per heavy atom. The van der Waals surface area contributed by atoms with Crippen LogP contribution in [0.5, 0.6) is 0 Å². The lowest BCUT2D eigenvalue weighted by Gasteiger charge is -2.47. The largest absolute Gasteiger partial charge is 0.481 e. The molecule has 0 bridgehead atoms. The fourth-order valence-electron chi connectivity index (χ4n) is 2.16. The van der Waals surface area contributed by atoms with Crippen LogP contribution in [-0.4, -0.2) is 45.7 Å². The zero-order chi connectivity index (χ0) is 13.2. The molecule has 1 aliphatic heterocycles. The van der Waals surface area contributed by atoms with E-state index in [1.807, 2.05) is 6.92 Å². The summed E-state index contributed by atoms with van der Waals surface area (Å²) in [7, 11) is 0. The van der Waals surface area contributed by atoms with Crippen LogP contribution >= 0.6 is 0 Å². The predicted octanol–water partition coefficient (Wildman–Crippen LogP) is 0.717. The highest BCUT2D eigenvalue weighted by atomic mass is 16.4. The summed E-state index contributed by atoms with van der Waals surface area (Å²) in [6, 6.07) is 0. The molecule has 0 saturated carbocycles. The van der Waals surface area contributed by atoms with Gasteiger partial charge in [0.1, 0.15) is 0 Å². The van der Waals surface area contributed by atoms with Crippen molar-refractivity contribution in [3.8, 4) is 0 Å². The van der Waals surface area contributed by atoms with E-state index in [9.17, 15) is 14.7 Å². The third kappa shape index (κ3) is 2.97. The van der Waals surface area contributed by atoms with Crippen LogP contribution in [-0.2, 0) is 9.59 Å². The average molecular weight is 243 g/mol. The van der Waals surface area contributed by atoms with Gasteiger partial charge in [0, 0.05) is 5.92 Å². The number of hydrogen-bond donors (Lipinski definition) is 2. The lowest BCUT2D eigenvalue weighted by molar-refractivity contribution is -0.164. The van der Waals surface area contributed by atoms with Crippen LogP contribution in [0.25, 0.3) is 0 Å². The smallest absolute Gasteiger partial charge is 0.307 e. The molecule has 1 amide bonds.